The van der Waals surface area contributed by atoms with Gasteiger partial charge in [0.25, 0.3) is 5.91 Å². The van der Waals surface area contributed by atoms with E-state index in [9.17, 15) is 4.79 Å². The summed E-state index contributed by atoms with van der Waals surface area (Å²) in [5.74, 6) is -0.100. The van der Waals surface area contributed by atoms with Crippen LogP contribution in [0.2, 0.25) is 5.28 Å². The third-order valence-corrected chi connectivity index (χ3v) is 2.13. The average Bonchev–Trinajstić information content (AvgIpc) is 2.24. The molecule has 0 bridgehead atoms. The number of methoxy groups -OCH3 is 1. The average molecular weight is 245 g/mol. The lowest BCUT2D eigenvalue weighted by Crippen LogP contribution is -2.24. The molecule has 0 aliphatic rings. The van der Waals surface area contributed by atoms with Crippen molar-refractivity contribution in [1.82, 2.24) is 9.97 Å². The molecule has 7 heteroatoms. The van der Waals surface area contributed by atoms with Crippen LogP contribution in [-0.2, 0) is 4.74 Å². The van der Waals surface area contributed by atoms with Gasteiger partial charge in [-0.1, -0.05) is 0 Å². The number of carbonyl (C=O) groups excluding carboxylic acids is 1. The third-order valence-electron chi connectivity index (χ3n) is 1.96. The van der Waals surface area contributed by atoms with Crippen LogP contribution in [0.15, 0.2) is 6.07 Å². The summed E-state index contributed by atoms with van der Waals surface area (Å²) in [5, 5.41) is -0.00410. The Morgan fingerprint density at radius 1 is 1.62 bits per heavy atom. The van der Waals surface area contributed by atoms with Crippen molar-refractivity contribution in [2.75, 3.05) is 32.2 Å². The maximum atomic E-state index is 11.0. The van der Waals surface area contributed by atoms with Gasteiger partial charge in [0, 0.05) is 26.8 Å². The zero-order valence-corrected chi connectivity index (χ0v) is 9.86. The van der Waals surface area contributed by atoms with Gasteiger partial charge in [0.05, 0.1) is 6.61 Å². The second-order valence-electron chi connectivity index (χ2n) is 3.16. The Kier molecular flexibility index (Phi) is 4.45. The number of carbonyl (C=O) groups is 1. The minimum absolute atomic E-state index is 0.00410. The summed E-state index contributed by atoms with van der Waals surface area (Å²) in [6, 6.07) is 1.49. The predicted molar refractivity (Wildman–Crippen MR) is 60.7 cm³/mol. The number of nitrogens with two attached hydrogens (primary N) is 1. The molecule has 1 aromatic heterocycles. The summed E-state index contributed by atoms with van der Waals surface area (Å²) < 4.78 is 4.93. The molecule has 0 aliphatic heterocycles. The maximum Gasteiger partial charge on any atom is 0.267 e. The number of hydrogen-bond donors (Lipinski definition) is 1. The van der Waals surface area contributed by atoms with E-state index >= 15 is 0 Å². The minimum atomic E-state index is -0.634. The highest BCUT2D eigenvalue weighted by Crippen LogP contribution is 2.13. The largest absolute Gasteiger partial charge is 0.383 e. The fraction of sp³-hybridized carbons (Fsp3) is 0.444. The van der Waals surface area contributed by atoms with Crippen LogP contribution in [0.1, 0.15) is 10.5 Å². The molecule has 1 rings (SSSR count). The predicted octanol–water partition coefficient (Wildman–Crippen LogP) is 0.312. The molecule has 0 saturated heterocycles. The van der Waals surface area contributed by atoms with E-state index in [1.807, 2.05) is 7.05 Å². The fourth-order valence-corrected chi connectivity index (χ4v) is 1.25. The van der Waals surface area contributed by atoms with Crippen molar-refractivity contribution in [2.45, 2.75) is 0 Å². The molecule has 1 aromatic rings. The van der Waals surface area contributed by atoms with Gasteiger partial charge in [-0.15, -0.1) is 0 Å². The number of halogens is 1. The van der Waals surface area contributed by atoms with Crippen molar-refractivity contribution >= 4 is 23.3 Å². The number of amides is 1. The summed E-state index contributed by atoms with van der Waals surface area (Å²) in [6.45, 7) is 1.17. The van der Waals surface area contributed by atoms with E-state index in [-0.39, 0.29) is 11.0 Å². The summed E-state index contributed by atoms with van der Waals surface area (Å²) in [4.78, 5) is 20.5. The topological polar surface area (TPSA) is 81.3 Å². The monoisotopic (exact) mass is 244 g/mol. The first-order valence-corrected chi connectivity index (χ1v) is 4.97. The van der Waals surface area contributed by atoms with Gasteiger partial charge >= 0.3 is 0 Å². The van der Waals surface area contributed by atoms with Gasteiger partial charge in [-0.05, 0) is 11.6 Å². The summed E-state index contributed by atoms with van der Waals surface area (Å²) >= 11 is 5.68. The lowest BCUT2D eigenvalue weighted by Gasteiger charge is -2.17. The number of likely N-dealkylation sites (N-methyl/N-ethyl adjacent to an activating group) is 1. The van der Waals surface area contributed by atoms with Gasteiger partial charge in [0.1, 0.15) is 11.5 Å². The van der Waals surface area contributed by atoms with Gasteiger partial charge in [-0.3, -0.25) is 4.79 Å². The van der Waals surface area contributed by atoms with Crippen LogP contribution in [0.5, 0.6) is 0 Å². The first kappa shape index (κ1) is 12.7. The fourth-order valence-electron chi connectivity index (χ4n) is 1.07. The molecular formula is C9H13ClN4O2. The SMILES string of the molecule is COCCN(C)c1cc(C(N)=O)nc(Cl)n1. The number of nitrogens with zero attached hydrogens (tertiary/aromatic N) is 3. The minimum Gasteiger partial charge on any atom is -0.383 e. The van der Waals surface area contributed by atoms with E-state index in [0.29, 0.717) is 19.0 Å². The summed E-state index contributed by atoms with van der Waals surface area (Å²) in [5.41, 5.74) is 5.22. The van der Waals surface area contributed by atoms with Crippen molar-refractivity contribution in [3.8, 4) is 0 Å². The Morgan fingerprint density at radius 2 is 2.31 bits per heavy atom. The highest BCUT2D eigenvalue weighted by atomic mass is 35.5. The Labute approximate surface area is 98.4 Å². The van der Waals surface area contributed by atoms with E-state index in [4.69, 9.17) is 22.1 Å². The molecule has 0 atom stereocenters. The molecule has 0 aromatic carbocycles. The van der Waals surface area contributed by atoms with E-state index in [0.717, 1.165) is 0 Å². The molecule has 88 valence electrons. The first-order valence-electron chi connectivity index (χ1n) is 4.59. The van der Waals surface area contributed by atoms with Gasteiger partial charge in [0.15, 0.2) is 0 Å². The van der Waals surface area contributed by atoms with Crippen LogP contribution in [0, 0.1) is 0 Å². The maximum absolute atomic E-state index is 11.0. The van der Waals surface area contributed by atoms with Crippen molar-refractivity contribution < 1.29 is 9.53 Å². The summed E-state index contributed by atoms with van der Waals surface area (Å²) in [6.07, 6.45) is 0. The third kappa shape index (κ3) is 3.32. The molecular weight excluding hydrogens is 232 g/mol. The van der Waals surface area contributed by atoms with Gasteiger partial charge in [-0.2, -0.15) is 0 Å². The lowest BCUT2D eigenvalue weighted by atomic mass is 10.3. The van der Waals surface area contributed by atoms with Crippen molar-refractivity contribution in [2.24, 2.45) is 5.73 Å². The second-order valence-corrected chi connectivity index (χ2v) is 3.50. The molecule has 0 aliphatic carbocycles. The zero-order chi connectivity index (χ0) is 12.1. The molecule has 0 unspecified atom stereocenters. The van der Waals surface area contributed by atoms with E-state index in [1.54, 1.807) is 12.0 Å². The van der Waals surface area contributed by atoms with Gasteiger partial charge < -0.3 is 15.4 Å². The van der Waals surface area contributed by atoms with Crippen LogP contribution in [0.3, 0.4) is 0 Å². The Bertz CT molecular complexity index is 386. The molecule has 2 N–H and O–H groups in total. The molecule has 0 fully saturated rings. The Balaban J connectivity index is 2.91. The first-order chi connectivity index (χ1) is 7.54. The van der Waals surface area contributed by atoms with Crippen molar-refractivity contribution in [3.63, 3.8) is 0 Å². The number of primary amides is 1. The molecule has 0 spiro atoms. The molecule has 1 heterocycles. The molecule has 0 saturated carbocycles. The highest BCUT2D eigenvalue weighted by molar-refractivity contribution is 6.28. The number of rotatable bonds is 5. The standard InChI is InChI=1S/C9H13ClN4O2/c1-14(3-4-16-2)7-5-6(8(11)15)12-9(10)13-7/h5H,3-4H2,1-2H3,(H2,11,15). The van der Waals surface area contributed by atoms with Gasteiger partial charge in [0.2, 0.25) is 5.28 Å². The van der Waals surface area contributed by atoms with Crippen LogP contribution in [-0.4, -0.2) is 43.2 Å². The number of hydrogen-bond acceptors (Lipinski definition) is 5. The van der Waals surface area contributed by atoms with E-state index in [2.05, 4.69) is 9.97 Å². The molecule has 6 nitrogen and oxygen atoms in total. The Morgan fingerprint density at radius 3 is 2.88 bits per heavy atom. The zero-order valence-electron chi connectivity index (χ0n) is 9.11. The number of aromatic nitrogens is 2. The van der Waals surface area contributed by atoms with Crippen LogP contribution < -0.4 is 10.6 Å². The normalized spacial score (nSPS) is 10.2. The summed E-state index contributed by atoms with van der Waals surface area (Å²) in [7, 11) is 3.41. The number of anilines is 1. The molecule has 16 heavy (non-hydrogen) atoms. The quantitative estimate of drug-likeness (QED) is 0.754. The van der Waals surface area contributed by atoms with E-state index in [1.165, 1.54) is 6.07 Å². The Hall–Kier alpha value is -1.40. The van der Waals surface area contributed by atoms with E-state index < -0.39 is 5.91 Å². The van der Waals surface area contributed by atoms with Crippen LogP contribution in [0.4, 0.5) is 5.82 Å². The van der Waals surface area contributed by atoms with Crippen LogP contribution >= 0.6 is 11.6 Å². The second kappa shape index (κ2) is 5.62. The van der Waals surface area contributed by atoms with Crippen molar-refractivity contribution in [1.29, 1.82) is 0 Å². The van der Waals surface area contributed by atoms with Crippen LogP contribution in [0.25, 0.3) is 0 Å². The highest BCUT2D eigenvalue weighted by Gasteiger charge is 2.10. The molecule has 1 amide bonds. The lowest BCUT2D eigenvalue weighted by molar-refractivity contribution is 0.0995. The van der Waals surface area contributed by atoms with Crippen molar-refractivity contribution in [3.05, 3.63) is 17.0 Å². The number of ether oxygens (including phenoxy) is 1. The smallest absolute Gasteiger partial charge is 0.267 e. The van der Waals surface area contributed by atoms with Gasteiger partial charge in [-0.25, -0.2) is 9.97 Å². The molecule has 0 radical (unpaired) electrons.